The standard InChI is InChI=1S/C7H5Br2N5/c8-4-1-11-7(12-2-4)14-3-5(9)6(10)13-14/h1-3H,(H2,10,13). The third-order valence-electron chi connectivity index (χ3n) is 1.51. The van der Waals surface area contributed by atoms with Gasteiger partial charge >= 0.3 is 0 Å². The van der Waals surface area contributed by atoms with Crippen LogP contribution in [0.4, 0.5) is 5.82 Å². The summed E-state index contributed by atoms with van der Waals surface area (Å²) in [6, 6.07) is 0. The lowest BCUT2D eigenvalue weighted by Gasteiger charge is -1.97. The number of halogens is 2. The predicted molar refractivity (Wildman–Crippen MR) is 59.0 cm³/mol. The first-order chi connectivity index (χ1) is 6.66. The summed E-state index contributed by atoms with van der Waals surface area (Å²) in [5.74, 6) is 0.891. The minimum absolute atomic E-state index is 0.413. The van der Waals surface area contributed by atoms with Crippen LogP contribution in [0.15, 0.2) is 27.5 Å². The molecule has 2 aromatic heterocycles. The number of hydrogen-bond donors (Lipinski definition) is 1. The van der Waals surface area contributed by atoms with E-state index in [4.69, 9.17) is 5.73 Å². The maximum Gasteiger partial charge on any atom is 0.250 e. The van der Waals surface area contributed by atoms with Gasteiger partial charge in [-0.05, 0) is 31.9 Å². The third kappa shape index (κ3) is 1.78. The van der Waals surface area contributed by atoms with E-state index in [9.17, 15) is 0 Å². The highest BCUT2D eigenvalue weighted by Gasteiger charge is 2.05. The molecule has 5 nitrogen and oxygen atoms in total. The first kappa shape index (κ1) is 9.60. The Morgan fingerprint density at radius 3 is 2.36 bits per heavy atom. The Hall–Kier alpha value is -0.950. The number of nitrogen functional groups attached to an aromatic ring is 1. The van der Waals surface area contributed by atoms with Crippen molar-refractivity contribution in [1.29, 1.82) is 0 Å². The summed E-state index contributed by atoms with van der Waals surface area (Å²) in [6.45, 7) is 0. The lowest BCUT2D eigenvalue weighted by molar-refractivity contribution is 0.810. The lowest BCUT2D eigenvalue weighted by atomic mass is 10.6. The van der Waals surface area contributed by atoms with Gasteiger partial charge in [0.2, 0.25) is 0 Å². The van der Waals surface area contributed by atoms with Crippen LogP contribution in [0.5, 0.6) is 0 Å². The van der Waals surface area contributed by atoms with Crippen LogP contribution in [0.25, 0.3) is 5.95 Å². The van der Waals surface area contributed by atoms with Crippen LogP contribution < -0.4 is 5.73 Å². The molecule has 0 spiro atoms. The van der Waals surface area contributed by atoms with E-state index in [0.29, 0.717) is 11.8 Å². The number of hydrogen-bond acceptors (Lipinski definition) is 4. The summed E-state index contributed by atoms with van der Waals surface area (Å²) >= 11 is 6.50. The second-order valence-corrected chi connectivity index (χ2v) is 4.28. The summed E-state index contributed by atoms with van der Waals surface area (Å²) in [5.41, 5.74) is 5.56. The Morgan fingerprint density at radius 2 is 1.86 bits per heavy atom. The molecule has 14 heavy (non-hydrogen) atoms. The van der Waals surface area contributed by atoms with Crippen molar-refractivity contribution in [2.24, 2.45) is 0 Å². The van der Waals surface area contributed by atoms with Crippen LogP contribution in [0.2, 0.25) is 0 Å². The monoisotopic (exact) mass is 317 g/mol. The number of nitrogens with two attached hydrogens (primary N) is 1. The molecule has 2 N–H and O–H groups in total. The van der Waals surface area contributed by atoms with Crippen molar-refractivity contribution in [2.75, 3.05) is 5.73 Å². The highest BCUT2D eigenvalue weighted by Crippen LogP contribution is 2.18. The van der Waals surface area contributed by atoms with Crippen molar-refractivity contribution in [3.05, 3.63) is 27.5 Å². The molecule has 0 aliphatic heterocycles. The van der Waals surface area contributed by atoms with Crippen LogP contribution in [0.1, 0.15) is 0 Å². The van der Waals surface area contributed by atoms with E-state index in [1.165, 1.54) is 4.68 Å². The molecule has 2 heterocycles. The van der Waals surface area contributed by atoms with Gasteiger partial charge in [0.25, 0.3) is 5.95 Å². The zero-order valence-corrected chi connectivity index (χ0v) is 10.0. The summed E-state index contributed by atoms with van der Waals surface area (Å²) in [6.07, 6.45) is 5.00. The lowest BCUT2D eigenvalue weighted by Crippen LogP contribution is -2.01. The van der Waals surface area contributed by atoms with Crippen LogP contribution in [-0.4, -0.2) is 19.7 Å². The van der Waals surface area contributed by atoms with Crippen LogP contribution >= 0.6 is 31.9 Å². The Morgan fingerprint density at radius 1 is 1.21 bits per heavy atom. The van der Waals surface area contributed by atoms with Crippen LogP contribution in [-0.2, 0) is 0 Å². The van der Waals surface area contributed by atoms with Crippen molar-refractivity contribution in [2.45, 2.75) is 0 Å². The van der Waals surface area contributed by atoms with Gasteiger partial charge in [-0.15, -0.1) is 5.10 Å². The van der Waals surface area contributed by atoms with Gasteiger partial charge in [0.15, 0.2) is 5.82 Å². The van der Waals surface area contributed by atoms with E-state index in [1.807, 2.05) is 0 Å². The summed E-state index contributed by atoms with van der Waals surface area (Å²) < 4.78 is 3.05. The molecule has 2 aromatic rings. The molecule has 0 bridgehead atoms. The SMILES string of the molecule is Nc1nn(-c2ncc(Br)cn2)cc1Br. The van der Waals surface area contributed by atoms with E-state index < -0.39 is 0 Å². The predicted octanol–water partition coefficient (Wildman–Crippen LogP) is 1.77. The van der Waals surface area contributed by atoms with E-state index in [-0.39, 0.29) is 0 Å². The molecular formula is C7H5Br2N5. The van der Waals surface area contributed by atoms with E-state index in [1.54, 1.807) is 18.6 Å². The average Bonchev–Trinajstić information content (AvgIpc) is 2.48. The minimum Gasteiger partial charge on any atom is -0.381 e. The molecule has 2 rings (SSSR count). The number of aromatic nitrogens is 4. The van der Waals surface area contributed by atoms with Crippen molar-refractivity contribution >= 4 is 37.7 Å². The molecule has 0 saturated carbocycles. The van der Waals surface area contributed by atoms with Crippen LogP contribution in [0.3, 0.4) is 0 Å². The first-order valence-electron chi connectivity index (χ1n) is 3.65. The molecule has 0 fully saturated rings. The molecule has 0 atom stereocenters. The molecule has 72 valence electrons. The molecule has 0 amide bonds. The van der Waals surface area contributed by atoms with Crippen molar-refractivity contribution < 1.29 is 0 Å². The fourth-order valence-electron chi connectivity index (χ4n) is 0.892. The Balaban J connectivity index is 2.44. The zero-order valence-electron chi connectivity index (χ0n) is 6.85. The van der Waals surface area contributed by atoms with Crippen molar-refractivity contribution in [1.82, 2.24) is 19.7 Å². The summed E-state index contributed by atoms with van der Waals surface area (Å²) in [5, 5.41) is 4.02. The van der Waals surface area contributed by atoms with E-state index in [0.717, 1.165) is 8.95 Å². The van der Waals surface area contributed by atoms with E-state index >= 15 is 0 Å². The fraction of sp³-hybridized carbons (Fsp3) is 0. The second-order valence-electron chi connectivity index (χ2n) is 2.51. The van der Waals surface area contributed by atoms with Crippen molar-refractivity contribution in [3.63, 3.8) is 0 Å². The smallest absolute Gasteiger partial charge is 0.250 e. The van der Waals surface area contributed by atoms with Crippen LogP contribution in [0, 0.1) is 0 Å². The van der Waals surface area contributed by atoms with Gasteiger partial charge in [0.05, 0.1) is 15.1 Å². The normalized spacial score (nSPS) is 10.4. The minimum atomic E-state index is 0.413. The largest absolute Gasteiger partial charge is 0.381 e. The molecule has 7 heteroatoms. The summed E-state index contributed by atoms with van der Waals surface area (Å²) in [7, 11) is 0. The molecular weight excluding hydrogens is 314 g/mol. The Bertz CT molecular complexity index is 430. The quantitative estimate of drug-likeness (QED) is 0.870. The van der Waals surface area contributed by atoms with Crippen molar-refractivity contribution in [3.8, 4) is 5.95 Å². The molecule has 0 aliphatic rings. The summed E-state index contributed by atoms with van der Waals surface area (Å²) in [4.78, 5) is 8.14. The highest BCUT2D eigenvalue weighted by molar-refractivity contribution is 9.10. The first-order valence-corrected chi connectivity index (χ1v) is 5.24. The number of rotatable bonds is 1. The maximum atomic E-state index is 5.56. The van der Waals surface area contributed by atoms with Gasteiger partial charge in [-0.25, -0.2) is 14.6 Å². The molecule has 0 aliphatic carbocycles. The van der Waals surface area contributed by atoms with Gasteiger partial charge in [-0.1, -0.05) is 0 Å². The topological polar surface area (TPSA) is 69.6 Å². The van der Waals surface area contributed by atoms with Gasteiger partial charge in [0.1, 0.15) is 0 Å². The second kappa shape index (κ2) is 3.66. The third-order valence-corrected chi connectivity index (χ3v) is 2.53. The average molecular weight is 319 g/mol. The van der Waals surface area contributed by atoms with Gasteiger partial charge in [-0.3, -0.25) is 0 Å². The number of nitrogens with zero attached hydrogens (tertiary/aromatic N) is 4. The fourth-order valence-corrected chi connectivity index (χ4v) is 1.37. The molecule has 0 aromatic carbocycles. The van der Waals surface area contributed by atoms with E-state index in [2.05, 4.69) is 46.9 Å². The Labute approximate surface area is 96.6 Å². The van der Waals surface area contributed by atoms with Gasteiger partial charge < -0.3 is 5.73 Å². The Kier molecular flexibility index (Phi) is 2.51. The zero-order chi connectivity index (χ0) is 10.1. The number of anilines is 1. The molecule has 0 radical (unpaired) electrons. The molecule has 0 saturated heterocycles. The van der Waals surface area contributed by atoms with Gasteiger partial charge in [0, 0.05) is 12.4 Å². The molecule has 0 unspecified atom stereocenters. The van der Waals surface area contributed by atoms with Gasteiger partial charge in [-0.2, -0.15) is 0 Å². The maximum absolute atomic E-state index is 5.56. The highest BCUT2D eigenvalue weighted by atomic mass is 79.9.